The molecule has 0 aromatic carbocycles. The van der Waals surface area contributed by atoms with Crippen LogP contribution in [0.4, 0.5) is 0 Å². The molecule has 0 bridgehead atoms. The van der Waals surface area contributed by atoms with Gasteiger partial charge >= 0.3 is 5.97 Å². The van der Waals surface area contributed by atoms with Gasteiger partial charge in [0.1, 0.15) is 0 Å². The third kappa shape index (κ3) is 3.19. The lowest BCUT2D eigenvalue weighted by Crippen LogP contribution is -2.47. The fourth-order valence-electron chi connectivity index (χ4n) is 2.32. The second-order valence-corrected chi connectivity index (χ2v) is 5.46. The molecule has 1 rings (SSSR count). The van der Waals surface area contributed by atoms with E-state index >= 15 is 0 Å². The Labute approximate surface area is 98.2 Å². The topological polar surface area (TPSA) is 43.8 Å². The van der Waals surface area contributed by atoms with Gasteiger partial charge in [-0.3, -0.25) is 9.69 Å². The third-order valence-corrected chi connectivity index (χ3v) is 3.51. The molecule has 16 heavy (non-hydrogen) atoms. The SMILES string of the molecule is CCCN1CC(C(=O)O)CN(C)C(C)(C)C1. The molecular weight excluding hydrogens is 204 g/mol. The molecule has 1 atom stereocenters. The monoisotopic (exact) mass is 228 g/mol. The van der Waals surface area contributed by atoms with Crippen molar-refractivity contribution >= 4 is 5.97 Å². The van der Waals surface area contributed by atoms with E-state index in [1.54, 1.807) is 0 Å². The van der Waals surface area contributed by atoms with Crippen molar-refractivity contribution in [1.82, 2.24) is 9.80 Å². The summed E-state index contributed by atoms with van der Waals surface area (Å²) in [5.74, 6) is -0.941. The molecule has 0 saturated carbocycles. The molecule has 4 nitrogen and oxygen atoms in total. The zero-order chi connectivity index (χ0) is 12.3. The van der Waals surface area contributed by atoms with E-state index in [9.17, 15) is 9.90 Å². The Bertz CT molecular complexity index is 253. The minimum atomic E-state index is -0.675. The first-order valence-corrected chi connectivity index (χ1v) is 6.03. The molecule has 0 aromatic rings. The summed E-state index contributed by atoms with van der Waals surface area (Å²) in [5.41, 5.74) is 0.0549. The molecule has 1 N–H and O–H groups in total. The summed E-state index contributed by atoms with van der Waals surface area (Å²) in [6, 6.07) is 0. The van der Waals surface area contributed by atoms with Crippen molar-refractivity contribution in [1.29, 1.82) is 0 Å². The van der Waals surface area contributed by atoms with Crippen LogP contribution in [0.1, 0.15) is 27.2 Å². The number of nitrogens with zero attached hydrogens (tertiary/aromatic N) is 2. The summed E-state index contributed by atoms with van der Waals surface area (Å²) in [4.78, 5) is 15.6. The largest absolute Gasteiger partial charge is 0.481 e. The van der Waals surface area contributed by atoms with Crippen LogP contribution in [0, 0.1) is 5.92 Å². The van der Waals surface area contributed by atoms with Crippen molar-refractivity contribution in [2.45, 2.75) is 32.7 Å². The van der Waals surface area contributed by atoms with E-state index in [-0.39, 0.29) is 11.5 Å². The van der Waals surface area contributed by atoms with Crippen LogP contribution in [0.15, 0.2) is 0 Å². The van der Waals surface area contributed by atoms with Gasteiger partial charge in [-0.25, -0.2) is 0 Å². The fourth-order valence-corrected chi connectivity index (χ4v) is 2.32. The predicted octanol–water partition coefficient (Wildman–Crippen LogP) is 1.12. The van der Waals surface area contributed by atoms with E-state index < -0.39 is 5.97 Å². The van der Waals surface area contributed by atoms with Crippen LogP contribution in [0.25, 0.3) is 0 Å². The maximum atomic E-state index is 11.2. The van der Waals surface area contributed by atoms with Gasteiger partial charge in [0.05, 0.1) is 5.92 Å². The number of rotatable bonds is 3. The highest BCUT2D eigenvalue weighted by Gasteiger charge is 2.35. The second-order valence-electron chi connectivity index (χ2n) is 5.46. The predicted molar refractivity (Wildman–Crippen MR) is 64.6 cm³/mol. The van der Waals surface area contributed by atoms with E-state index in [4.69, 9.17) is 0 Å². The summed E-state index contributed by atoms with van der Waals surface area (Å²) in [7, 11) is 2.02. The molecule has 0 aliphatic carbocycles. The van der Waals surface area contributed by atoms with Crippen molar-refractivity contribution in [3.05, 3.63) is 0 Å². The molecule has 0 amide bonds. The summed E-state index contributed by atoms with van der Waals surface area (Å²) < 4.78 is 0. The molecule has 1 unspecified atom stereocenters. The zero-order valence-corrected chi connectivity index (χ0v) is 10.9. The molecule has 0 aromatic heterocycles. The van der Waals surface area contributed by atoms with Gasteiger partial charge in [0.15, 0.2) is 0 Å². The number of aliphatic carboxylic acids is 1. The van der Waals surface area contributed by atoms with Gasteiger partial charge in [-0.05, 0) is 33.9 Å². The highest BCUT2D eigenvalue weighted by Crippen LogP contribution is 2.21. The maximum absolute atomic E-state index is 11.2. The molecule has 4 heteroatoms. The second kappa shape index (κ2) is 5.15. The Morgan fingerprint density at radius 3 is 2.56 bits per heavy atom. The number of carboxylic acids is 1. The van der Waals surface area contributed by atoms with Crippen molar-refractivity contribution in [2.75, 3.05) is 33.2 Å². The van der Waals surface area contributed by atoms with Crippen LogP contribution in [0.2, 0.25) is 0 Å². The number of carbonyl (C=O) groups is 1. The van der Waals surface area contributed by atoms with Gasteiger partial charge in [0, 0.05) is 25.2 Å². The molecule has 1 saturated heterocycles. The third-order valence-electron chi connectivity index (χ3n) is 3.51. The van der Waals surface area contributed by atoms with Gasteiger partial charge < -0.3 is 10.0 Å². The number of likely N-dealkylation sites (N-methyl/N-ethyl adjacent to an activating group) is 1. The van der Waals surface area contributed by atoms with Crippen LogP contribution in [0.5, 0.6) is 0 Å². The first-order valence-electron chi connectivity index (χ1n) is 6.03. The van der Waals surface area contributed by atoms with E-state index in [1.807, 2.05) is 7.05 Å². The summed E-state index contributed by atoms with van der Waals surface area (Å²) in [5, 5.41) is 9.18. The number of hydrogen-bond acceptors (Lipinski definition) is 3. The van der Waals surface area contributed by atoms with Crippen molar-refractivity contribution in [2.24, 2.45) is 5.92 Å². The average Bonchev–Trinajstić information content (AvgIpc) is 2.25. The molecule has 1 heterocycles. The minimum absolute atomic E-state index is 0.0549. The molecule has 0 spiro atoms. The molecular formula is C12H24N2O2. The molecule has 1 aliphatic heterocycles. The number of hydrogen-bond donors (Lipinski definition) is 1. The van der Waals surface area contributed by atoms with Crippen LogP contribution in [-0.2, 0) is 4.79 Å². The summed E-state index contributed by atoms with van der Waals surface area (Å²) in [6.07, 6.45) is 1.08. The van der Waals surface area contributed by atoms with Gasteiger partial charge in [0.25, 0.3) is 0 Å². The summed E-state index contributed by atoms with van der Waals surface area (Å²) in [6.45, 7) is 9.75. The Hall–Kier alpha value is -0.610. The van der Waals surface area contributed by atoms with E-state index in [2.05, 4.69) is 30.6 Å². The average molecular weight is 228 g/mol. The standard InChI is InChI=1S/C12H24N2O2/c1-5-6-14-8-10(11(15)16)7-13(4)12(2,3)9-14/h10H,5-9H2,1-4H3,(H,15,16). The van der Waals surface area contributed by atoms with Crippen LogP contribution >= 0.6 is 0 Å². The quantitative estimate of drug-likeness (QED) is 0.786. The van der Waals surface area contributed by atoms with Crippen LogP contribution in [-0.4, -0.2) is 59.6 Å². The van der Waals surface area contributed by atoms with Gasteiger partial charge in [-0.2, -0.15) is 0 Å². The first-order chi connectivity index (χ1) is 7.36. The lowest BCUT2D eigenvalue weighted by Gasteiger charge is -2.36. The lowest BCUT2D eigenvalue weighted by molar-refractivity contribution is -0.142. The minimum Gasteiger partial charge on any atom is -0.481 e. The Kier molecular flexibility index (Phi) is 4.33. The van der Waals surface area contributed by atoms with Crippen molar-refractivity contribution < 1.29 is 9.90 Å². The number of carboxylic acid groups (broad SMARTS) is 1. The molecule has 1 aliphatic rings. The highest BCUT2D eigenvalue weighted by molar-refractivity contribution is 5.70. The van der Waals surface area contributed by atoms with Gasteiger partial charge in [-0.1, -0.05) is 6.92 Å². The molecule has 1 fully saturated rings. The van der Waals surface area contributed by atoms with Crippen molar-refractivity contribution in [3.63, 3.8) is 0 Å². The Morgan fingerprint density at radius 1 is 1.44 bits per heavy atom. The van der Waals surface area contributed by atoms with E-state index in [1.165, 1.54) is 0 Å². The Morgan fingerprint density at radius 2 is 2.06 bits per heavy atom. The zero-order valence-electron chi connectivity index (χ0n) is 10.9. The van der Waals surface area contributed by atoms with Crippen LogP contribution in [0.3, 0.4) is 0 Å². The molecule has 0 radical (unpaired) electrons. The van der Waals surface area contributed by atoms with Crippen molar-refractivity contribution in [3.8, 4) is 0 Å². The molecule has 94 valence electrons. The normalized spacial score (nSPS) is 27.6. The maximum Gasteiger partial charge on any atom is 0.309 e. The first kappa shape index (κ1) is 13.5. The van der Waals surface area contributed by atoms with E-state index in [0.717, 1.165) is 19.5 Å². The van der Waals surface area contributed by atoms with Gasteiger partial charge in [-0.15, -0.1) is 0 Å². The highest BCUT2D eigenvalue weighted by atomic mass is 16.4. The fraction of sp³-hybridized carbons (Fsp3) is 0.917. The van der Waals surface area contributed by atoms with Gasteiger partial charge in [0.2, 0.25) is 0 Å². The summed E-state index contributed by atoms with van der Waals surface area (Å²) >= 11 is 0. The lowest BCUT2D eigenvalue weighted by atomic mass is 10.0. The van der Waals surface area contributed by atoms with E-state index in [0.29, 0.717) is 13.1 Å². The smallest absolute Gasteiger partial charge is 0.309 e. The Balaban J connectivity index is 2.79. The van der Waals surface area contributed by atoms with Crippen LogP contribution < -0.4 is 0 Å².